The zero-order valence-corrected chi connectivity index (χ0v) is 22.0. The van der Waals surface area contributed by atoms with Crippen molar-refractivity contribution in [1.29, 1.82) is 0.594 Å². The maximum absolute atomic E-state index is 11.8. The standard InChI is InChI=1S/C18H24N2O6.C2H7INOP/c1-4-6-7-8-10-13(3)15-11-14(19(22)23)12-16(20(24)25)18(15)26-17(21)9-5-2;1-2(6)5-4-3/h5,9,11-13H,4,6-8,10H2,1-3H3;2-3H,6H2,1H3/i;3D. The Labute approximate surface area is 204 Å². The second-order valence-electron chi connectivity index (χ2n) is 6.95. The Balaban J connectivity index is 0.00000126. The fourth-order valence-electron chi connectivity index (χ4n) is 2.70. The van der Waals surface area contributed by atoms with Crippen molar-refractivity contribution in [2.45, 2.75) is 71.6 Å². The highest BCUT2D eigenvalue weighted by atomic mass is 127. The van der Waals surface area contributed by atoms with Gasteiger partial charge < -0.3 is 4.74 Å². The van der Waals surface area contributed by atoms with Crippen molar-refractivity contribution >= 4 is 48.8 Å². The summed E-state index contributed by atoms with van der Waals surface area (Å²) in [5, 5.41) is 22.5. The average molecular weight is 584 g/mol. The lowest BCUT2D eigenvalue weighted by atomic mass is 9.93. The smallest absolute Gasteiger partial charge is 0.336 e. The van der Waals surface area contributed by atoms with Crippen molar-refractivity contribution in [3.8, 4) is 5.75 Å². The van der Waals surface area contributed by atoms with E-state index in [1.807, 2.05) is 13.8 Å². The van der Waals surface area contributed by atoms with Gasteiger partial charge in [-0.3, -0.25) is 20.2 Å². The highest BCUT2D eigenvalue weighted by Gasteiger charge is 2.29. The summed E-state index contributed by atoms with van der Waals surface area (Å²) in [5.41, 5.74) is -0.661. The topological polar surface area (TPSA) is 134 Å². The molecule has 0 N–H and O–H groups in total. The number of ether oxygens (including phenoxy) is 1. The van der Waals surface area contributed by atoms with Gasteiger partial charge in [0.15, 0.2) is 0 Å². The van der Waals surface area contributed by atoms with Gasteiger partial charge in [0.05, 0.1) is 21.8 Å². The van der Waals surface area contributed by atoms with E-state index in [-0.39, 0.29) is 17.5 Å². The van der Waals surface area contributed by atoms with E-state index in [1.54, 1.807) is 6.92 Å². The van der Waals surface area contributed by atoms with Crippen molar-refractivity contribution in [2.75, 3.05) is 0 Å². The first-order valence-corrected chi connectivity index (χ1v) is 11.8. The predicted molar refractivity (Wildman–Crippen MR) is 135 cm³/mol. The molecule has 0 aliphatic rings. The highest BCUT2D eigenvalue weighted by molar-refractivity contribution is 14.1. The first-order valence-electron chi connectivity index (χ1n) is 10.5. The van der Waals surface area contributed by atoms with Crippen LogP contribution in [0.4, 0.5) is 11.4 Å². The number of rotatable bonds is 12. The van der Waals surface area contributed by atoms with Gasteiger partial charge >= 0.3 is 11.7 Å². The summed E-state index contributed by atoms with van der Waals surface area (Å²) in [6.45, 7) is 7.38. The largest absolute Gasteiger partial charge is 0.416 e. The average Bonchev–Trinajstić information content (AvgIpc) is 2.75. The third-order valence-electron chi connectivity index (χ3n) is 4.22. The number of hydrogen-bond acceptors (Lipinski definition) is 8. The Bertz CT molecular complexity index is 853. The molecule has 0 saturated carbocycles. The molecule has 0 bridgehead atoms. The second-order valence-corrected chi connectivity index (χ2v) is 8.28. The first kappa shape index (κ1) is 28.2. The van der Waals surface area contributed by atoms with E-state index < -0.39 is 49.4 Å². The maximum atomic E-state index is 11.8. The molecule has 1 rings (SSSR count). The lowest BCUT2D eigenvalue weighted by molar-refractivity contribution is -0.394. The fraction of sp³-hybridized carbons (Fsp3) is 0.550. The van der Waals surface area contributed by atoms with Crippen LogP contribution in [-0.4, -0.2) is 22.3 Å². The van der Waals surface area contributed by atoms with Crippen LogP contribution in [0.5, 0.6) is 5.75 Å². The summed E-state index contributed by atoms with van der Waals surface area (Å²) in [6, 6.07) is 2.08. The van der Waals surface area contributed by atoms with Crippen molar-refractivity contribution < 1.29 is 24.2 Å². The summed E-state index contributed by atoms with van der Waals surface area (Å²) in [6.07, 6.45) is 7.31. The molecule has 12 heteroatoms. The Morgan fingerprint density at radius 3 is 2.44 bits per heavy atom. The summed E-state index contributed by atoms with van der Waals surface area (Å²) in [4.78, 5) is 37.5. The normalized spacial score (nSPS) is 13.5. The van der Waals surface area contributed by atoms with E-state index in [4.69, 9.17) is 5.33 Å². The van der Waals surface area contributed by atoms with Crippen LogP contribution in [0.25, 0.3) is 0 Å². The molecule has 0 saturated heterocycles. The summed E-state index contributed by atoms with van der Waals surface area (Å²) < 4.78 is 15.2. The van der Waals surface area contributed by atoms with E-state index in [1.165, 1.54) is 12.1 Å². The molecule has 180 valence electrons. The first-order chi connectivity index (χ1) is 15.6. The number of hydrogen-bond donors (Lipinski definition) is 0. The lowest BCUT2D eigenvalue weighted by Crippen LogP contribution is -2.10. The number of unbranched alkanes of at least 4 members (excludes halogenated alkanes) is 3. The van der Waals surface area contributed by atoms with Crippen LogP contribution in [0.15, 0.2) is 27.6 Å². The quantitative estimate of drug-likeness (QED) is 0.0398. The number of carbonyl (C=O) groups excluding carboxylic acids is 1. The third-order valence-corrected chi connectivity index (χ3v) is 4.57. The Morgan fingerprint density at radius 2 is 1.97 bits per heavy atom. The molecule has 32 heavy (non-hydrogen) atoms. The molecule has 3 atom stereocenters. The van der Waals surface area contributed by atoms with Crippen molar-refractivity contribution in [3.63, 3.8) is 0 Å². The van der Waals surface area contributed by atoms with Crippen LogP contribution in [0.2, 0.25) is 0 Å². The Kier molecular flexibility index (Phi) is 14.7. The third kappa shape index (κ3) is 11.7. The van der Waals surface area contributed by atoms with Gasteiger partial charge in [0.1, 0.15) is 0.594 Å². The minimum atomic E-state index is -0.787. The van der Waals surface area contributed by atoms with Gasteiger partial charge in [0.25, 0.3) is 5.69 Å². The van der Waals surface area contributed by atoms with Crippen molar-refractivity contribution in [2.24, 2.45) is 3.31 Å². The van der Waals surface area contributed by atoms with Gasteiger partial charge in [-0.1, -0.05) is 45.6 Å². The number of nitrogens with zero attached hydrogens (tertiary/aromatic N) is 3. The number of carbonyl (C=O) groups is 1. The SMILES string of the molecule is CC=CC(=O)Oc1c(C(C)CCCCCC)cc([N+](=O)[O-])cc1[N+](=O)[O-].[2H]I=NOC(C)P. The molecular formula is C20H31IN3O7P. The summed E-state index contributed by atoms with van der Waals surface area (Å²) >= 11 is -0.787. The van der Waals surface area contributed by atoms with Crippen molar-refractivity contribution in [3.05, 3.63) is 50.1 Å². The number of allylic oxidation sites excluding steroid dienone is 1. The van der Waals surface area contributed by atoms with Crippen LogP contribution in [0, 0.1) is 20.2 Å². The number of non-ortho nitro benzene ring substituents is 1. The van der Waals surface area contributed by atoms with Gasteiger partial charge in [-0.05, 0) is 26.2 Å². The zero-order valence-electron chi connectivity index (χ0n) is 19.7. The molecule has 0 amide bonds. The molecule has 0 aliphatic carbocycles. The number of esters is 1. The minimum absolute atomic E-state index is 0.0602. The zero-order chi connectivity index (χ0) is 25.4. The molecule has 10 nitrogen and oxygen atoms in total. The Morgan fingerprint density at radius 1 is 1.28 bits per heavy atom. The van der Waals surface area contributed by atoms with E-state index in [0.29, 0.717) is 12.0 Å². The lowest BCUT2D eigenvalue weighted by Gasteiger charge is -2.16. The van der Waals surface area contributed by atoms with Gasteiger partial charge in [0.2, 0.25) is 5.75 Å². The fourth-order valence-corrected chi connectivity index (χ4v) is 3.37. The van der Waals surface area contributed by atoms with E-state index in [9.17, 15) is 25.0 Å². The Hall–Kier alpha value is -1.85. The molecule has 1 aromatic carbocycles. The molecule has 0 spiro atoms. The molecule has 0 heterocycles. The van der Waals surface area contributed by atoms with Gasteiger partial charge in [-0.2, -0.15) is 0 Å². The molecule has 0 fully saturated rings. The van der Waals surface area contributed by atoms with Crippen LogP contribution in [0.1, 0.15) is 71.3 Å². The van der Waals surface area contributed by atoms with Gasteiger partial charge in [-0.15, -0.1) is 12.5 Å². The van der Waals surface area contributed by atoms with Crippen molar-refractivity contribution in [1.82, 2.24) is 0 Å². The van der Waals surface area contributed by atoms with Crippen LogP contribution < -0.4 is 4.74 Å². The number of nitro benzene ring substituents is 2. The molecule has 0 aromatic heterocycles. The van der Waals surface area contributed by atoms with E-state index in [0.717, 1.165) is 37.8 Å². The minimum Gasteiger partial charge on any atom is -0.416 e. The van der Waals surface area contributed by atoms with Crippen LogP contribution in [-0.2, 0) is 9.63 Å². The predicted octanol–water partition coefficient (Wildman–Crippen LogP) is 6.55. The second kappa shape index (κ2) is 16.7. The maximum Gasteiger partial charge on any atom is 0.336 e. The molecule has 3 unspecified atom stereocenters. The molecule has 1 aromatic rings. The number of benzene rings is 1. The van der Waals surface area contributed by atoms with Gasteiger partial charge in [0, 0.05) is 39.9 Å². The summed E-state index contributed by atoms with van der Waals surface area (Å²) in [7, 11) is 2.43. The van der Waals surface area contributed by atoms with E-state index in [2.05, 4.69) is 24.3 Å². The van der Waals surface area contributed by atoms with Crippen LogP contribution in [0.3, 0.4) is 0 Å². The number of halogens is 1. The highest BCUT2D eigenvalue weighted by Crippen LogP contribution is 2.41. The number of nitro groups is 2. The molecule has 0 radical (unpaired) electrons. The van der Waals surface area contributed by atoms with Gasteiger partial charge in [-0.25, -0.2) is 9.63 Å². The summed E-state index contributed by atoms with van der Waals surface area (Å²) in [5.74, 6) is -1.14. The molecule has 0 aliphatic heterocycles. The van der Waals surface area contributed by atoms with Crippen LogP contribution >= 0.6 is 31.5 Å². The monoisotopic (exact) mass is 584 g/mol. The van der Waals surface area contributed by atoms with E-state index >= 15 is 0 Å². The molecular weight excluding hydrogens is 552 g/mol.